The summed E-state index contributed by atoms with van der Waals surface area (Å²) in [6, 6.07) is 3.78. The molecule has 0 atom stereocenters. The van der Waals surface area contributed by atoms with Crippen LogP contribution < -0.4 is 0 Å². The van der Waals surface area contributed by atoms with Crippen molar-refractivity contribution in [1.29, 1.82) is 0 Å². The molecule has 18 heavy (non-hydrogen) atoms. The van der Waals surface area contributed by atoms with Gasteiger partial charge >= 0.3 is 0 Å². The van der Waals surface area contributed by atoms with Gasteiger partial charge in [0.15, 0.2) is 0 Å². The van der Waals surface area contributed by atoms with Crippen LogP contribution in [0.3, 0.4) is 0 Å². The molecule has 0 aromatic carbocycles. The van der Waals surface area contributed by atoms with Gasteiger partial charge in [0.25, 0.3) is 0 Å². The van der Waals surface area contributed by atoms with Gasteiger partial charge in [-0.2, -0.15) is 0 Å². The average molecular weight is 315 g/mol. The molecule has 1 aliphatic heterocycles. The molecule has 0 aliphatic carbocycles. The van der Waals surface area contributed by atoms with Crippen LogP contribution in [-0.2, 0) is 11.2 Å². The largest absolute Gasteiger partial charge is 0.469 e. The highest BCUT2D eigenvalue weighted by molar-refractivity contribution is 9.09. The van der Waals surface area contributed by atoms with E-state index in [0.717, 1.165) is 43.8 Å². The highest BCUT2D eigenvalue weighted by atomic mass is 79.9. The maximum absolute atomic E-state index is 12.0. The maximum atomic E-state index is 12.0. The van der Waals surface area contributed by atoms with E-state index in [0.29, 0.717) is 12.8 Å². The van der Waals surface area contributed by atoms with E-state index in [2.05, 4.69) is 20.8 Å². The number of hydrogen-bond donors (Lipinski definition) is 0. The third-order valence-corrected chi connectivity index (χ3v) is 3.65. The molecule has 1 aromatic heterocycles. The van der Waals surface area contributed by atoms with E-state index in [1.807, 2.05) is 17.0 Å². The lowest BCUT2D eigenvalue weighted by Crippen LogP contribution is -2.49. The SMILES string of the molecule is O=C(CCc1ccco1)N1CCN(CCBr)CC1. The Bertz CT molecular complexity index is 359. The van der Waals surface area contributed by atoms with Crippen LogP contribution in [0.25, 0.3) is 0 Å². The fourth-order valence-corrected chi connectivity index (χ4v) is 2.69. The molecule has 2 heterocycles. The summed E-state index contributed by atoms with van der Waals surface area (Å²) in [7, 11) is 0. The smallest absolute Gasteiger partial charge is 0.223 e. The van der Waals surface area contributed by atoms with Gasteiger partial charge in [0.2, 0.25) is 5.91 Å². The molecule has 0 N–H and O–H groups in total. The van der Waals surface area contributed by atoms with Crippen LogP contribution in [-0.4, -0.2) is 53.8 Å². The lowest BCUT2D eigenvalue weighted by atomic mass is 10.2. The molecule has 2 rings (SSSR count). The van der Waals surface area contributed by atoms with Gasteiger partial charge in [0.1, 0.15) is 5.76 Å². The van der Waals surface area contributed by atoms with Crippen LogP contribution in [0.2, 0.25) is 0 Å². The van der Waals surface area contributed by atoms with E-state index in [-0.39, 0.29) is 5.91 Å². The van der Waals surface area contributed by atoms with E-state index in [1.165, 1.54) is 0 Å². The number of nitrogens with zero attached hydrogens (tertiary/aromatic N) is 2. The summed E-state index contributed by atoms with van der Waals surface area (Å²) in [5.74, 6) is 1.13. The number of carbonyl (C=O) groups is 1. The van der Waals surface area contributed by atoms with Crippen LogP contribution in [0.4, 0.5) is 0 Å². The van der Waals surface area contributed by atoms with E-state index in [1.54, 1.807) is 6.26 Å². The van der Waals surface area contributed by atoms with Crippen LogP contribution in [0.5, 0.6) is 0 Å². The Morgan fingerprint density at radius 1 is 1.33 bits per heavy atom. The molecular weight excluding hydrogens is 296 g/mol. The summed E-state index contributed by atoms with van der Waals surface area (Å²) in [5.41, 5.74) is 0. The number of alkyl halides is 1. The molecule has 0 radical (unpaired) electrons. The van der Waals surface area contributed by atoms with Gasteiger partial charge in [0.05, 0.1) is 6.26 Å². The zero-order chi connectivity index (χ0) is 12.8. The van der Waals surface area contributed by atoms with Gasteiger partial charge in [-0.25, -0.2) is 0 Å². The fraction of sp³-hybridized carbons (Fsp3) is 0.615. The van der Waals surface area contributed by atoms with Crippen molar-refractivity contribution in [2.45, 2.75) is 12.8 Å². The monoisotopic (exact) mass is 314 g/mol. The van der Waals surface area contributed by atoms with Gasteiger partial charge in [0, 0.05) is 50.9 Å². The first-order chi connectivity index (χ1) is 8.79. The summed E-state index contributed by atoms with van der Waals surface area (Å²) in [6.07, 6.45) is 2.90. The highest BCUT2D eigenvalue weighted by Gasteiger charge is 2.20. The molecule has 1 amide bonds. The minimum absolute atomic E-state index is 0.241. The second-order valence-corrected chi connectivity index (χ2v) is 5.28. The molecule has 1 fully saturated rings. The first kappa shape index (κ1) is 13.6. The third kappa shape index (κ3) is 3.85. The predicted molar refractivity (Wildman–Crippen MR) is 73.8 cm³/mol. The van der Waals surface area contributed by atoms with Gasteiger partial charge in [-0.1, -0.05) is 15.9 Å². The summed E-state index contributed by atoms with van der Waals surface area (Å²) in [5, 5.41) is 0.999. The predicted octanol–water partition coefficient (Wildman–Crippen LogP) is 1.75. The fourth-order valence-electron chi connectivity index (χ4n) is 2.18. The minimum atomic E-state index is 0.241. The Hall–Kier alpha value is -0.810. The zero-order valence-corrected chi connectivity index (χ0v) is 12.1. The number of rotatable bonds is 5. The second kappa shape index (κ2) is 6.95. The molecule has 0 bridgehead atoms. The van der Waals surface area contributed by atoms with Crippen LogP contribution in [0.1, 0.15) is 12.2 Å². The Labute approximate surface area is 116 Å². The summed E-state index contributed by atoms with van der Waals surface area (Å²) < 4.78 is 5.24. The minimum Gasteiger partial charge on any atom is -0.469 e. The summed E-state index contributed by atoms with van der Waals surface area (Å²) in [6.45, 7) is 4.73. The van der Waals surface area contributed by atoms with Gasteiger partial charge < -0.3 is 9.32 Å². The molecule has 1 saturated heterocycles. The molecule has 0 saturated carbocycles. The molecule has 0 spiro atoms. The van der Waals surface area contributed by atoms with E-state index in [9.17, 15) is 4.79 Å². The van der Waals surface area contributed by atoms with Gasteiger partial charge in [-0.05, 0) is 12.1 Å². The summed E-state index contributed by atoms with van der Waals surface area (Å²) >= 11 is 3.44. The molecular formula is C13H19BrN2O2. The van der Waals surface area contributed by atoms with E-state index in [4.69, 9.17) is 4.42 Å². The molecule has 4 nitrogen and oxygen atoms in total. The van der Waals surface area contributed by atoms with Crippen molar-refractivity contribution in [3.8, 4) is 0 Å². The molecule has 1 aromatic rings. The van der Waals surface area contributed by atoms with Gasteiger partial charge in [-0.15, -0.1) is 0 Å². The first-order valence-electron chi connectivity index (χ1n) is 6.38. The molecule has 100 valence electrons. The number of halogens is 1. The van der Waals surface area contributed by atoms with Crippen molar-refractivity contribution in [1.82, 2.24) is 9.80 Å². The molecule has 5 heteroatoms. The number of hydrogen-bond acceptors (Lipinski definition) is 3. The van der Waals surface area contributed by atoms with Crippen molar-refractivity contribution in [3.05, 3.63) is 24.2 Å². The Morgan fingerprint density at radius 3 is 2.72 bits per heavy atom. The van der Waals surface area contributed by atoms with Crippen molar-refractivity contribution in [2.24, 2.45) is 0 Å². The zero-order valence-electron chi connectivity index (χ0n) is 10.5. The number of piperazine rings is 1. The van der Waals surface area contributed by atoms with Crippen LogP contribution >= 0.6 is 15.9 Å². The standard InChI is InChI=1S/C13H19BrN2O2/c14-5-6-15-7-9-16(10-8-15)13(17)4-3-12-2-1-11-18-12/h1-2,11H,3-10H2. The second-order valence-electron chi connectivity index (χ2n) is 4.49. The van der Waals surface area contributed by atoms with E-state index < -0.39 is 0 Å². The van der Waals surface area contributed by atoms with Crippen LogP contribution in [0.15, 0.2) is 22.8 Å². The number of furan rings is 1. The Balaban J connectivity index is 1.70. The topological polar surface area (TPSA) is 36.7 Å². The maximum Gasteiger partial charge on any atom is 0.223 e. The average Bonchev–Trinajstić information content (AvgIpc) is 2.90. The molecule has 0 unspecified atom stereocenters. The van der Waals surface area contributed by atoms with E-state index >= 15 is 0 Å². The highest BCUT2D eigenvalue weighted by Crippen LogP contribution is 2.08. The quantitative estimate of drug-likeness (QED) is 0.777. The van der Waals surface area contributed by atoms with Gasteiger partial charge in [-0.3, -0.25) is 9.69 Å². The van der Waals surface area contributed by atoms with Crippen molar-refractivity contribution < 1.29 is 9.21 Å². The van der Waals surface area contributed by atoms with Crippen LogP contribution in [0, 0.1) is 0 Å². The normalized spacial score (nSPS) is 17.1. The number of carbonyl (C=O) groups excluding carboxylic acids is 1. The Morgan fingerprint density at radius 2 is 2.11 bits per heavy atom. The lowest BCUT2D eigenvalue weighted by molar-refractivity contribution is -0.132. The lowest BCUT2D eigenvalue weighted by Gasteiger charge is -2.34. The Kier molecular flexibility index (Phi) is 5.26. The number of amides is 1. The van der Waals surface area contributed by atoms with Crippen molar-refractivity contribution in [3.63, 3.8) is 0 Å². The van der Waals surface area contributed by atoms with Crippen molar-refractivity contribution >= 4 is 21.8 Å². The number of aryl methyl sites for hydroxylation is 1. The molecule has 1 aliphatic rings. The third-order valence-electron chi connectivity index (χ3n) is 3.29. The first-order valence-corrected chi connectivity index (χ1v) is 7.50. The van der Waals surface area contributed by atoms with Crippen molar-refractivity contribution in [2.75, 3.05) is 38.1 Å². The summed E-state index contributed by atoms with van der Waals surface area (Å²) in [4.78, 5) is 16.4.